The number of alkyl carbamates (subject to hydrolysis) is 2. The summed E-state index contributed by atoms with van der Waals surface area (Å²) in [7, 11) is 8.47. The smallest absolute Gasteiger partial charge is 0.409 e. The SMILES string of the molecule is COC(=O)N(C)[C@H](C(=O)N1CCC[C@H]1c1ncc(-c2ccc3cc(-c4ccc5nc([C@@H]6CCCN6C(=O)[C@H](C(C)C)N(C)C(=O)OC)[nH]c5c4)ccc3c2)[nH]1)C(C)C.COC(=O)NC[C@H](C(=O)N1CCC[C@H]1c1ncc(-c2ccc3cc(-c4ccc5nc([C@@H]6CCCN6C(=O)[C@@H](NC(=O)OC)C(C)C)[nH]c5c4)ccc3c2)[nH]1)C(C)C. The molecule has 4 aromatic heterocycles. The van der Waals surface area contributed by atoms with Crippen LogP contribution in [0.5, 0.6) is 0 Å². The summed E-state index contributed by atoms with van der Waals surface area (Å²) in [6.45, 7) is 18.2. The third kappa shape index (κ3) is 17.1. The summed E-state index contributed by atoms with van der Waals surface area (Å²) >= 11 is 0. The molecular formula is C87H106N16O12. The van der Waals surface area contributed by atoms with Gasteiger partial charge in [-0.2, -0.15) is 0 Å². The number of nitrogens with zero attached hydrogens (tertiary/aromatic N) is 10. The predicted molar refractivity (Wildman–Crippen MR) is 438 cm³/mol. The fourth-order valence-corrected chi connectivity index (χ4v) is 17.1. The minimum atomic E-state index is -0.692. The van der Waals surface area contributed by atoms with Gasteiger partial charge in [0, 0.05) is 57.9 Å². The Morgan fingerprint density at radius 1 is 0.417 bits per heavy atom. The number of carbonyl (C=O) groups excluding carboxylic acids is 8. The molecule has 0 aliphatic carbocycles. The van der Waals surface area contributed by atoms with E-state index in [-0.39, 0.29) is 83.9 Å². The van der Waals surface area contributed by atoms with Gasteiger partial charge in [0.2, 0.25) is 23.6 Å². The van der Waals surface area contributed by atoms with Crippen molar-refractivity contribution in [2.75, 3.05) is 75.3 Å². The molecule has 0 unspecified atom stereocenters. The molecule has 8 heterocycles. The standard InChI is InChI=1S/C44H54N8O6.C43H52N8O6/c1-25(2)37(49(5)43(55)57-7)41(53)51-19-9-11-35(51)39-45-24-34(48-39)31-16-15-27-21-28(13-14-29(27)22-31)30-17-18-32-33(23-30)47-40(46-32)36-12-10-20-52(36)42(54)38(26(3)4)50(6)44(56)58-8;1-24(2)31(22-45-42(54)56-5)40(52)50-17-7-9-35(50)38-44-23-34(48-38)30-14-13-26-19-27(11-12-28(26)20-30)29-15-16-32-33(21-29)47-39(46-32)36-10-8-18-51(36)41(53)37(25(3)4)49-43(55)57-6/h13-18,21-26,35-38H,9-12,19-20H2,1-8H3,(H,45,48)(H,46,47);11-16,19-21,23-25,31,35-37H,7-10,17-18,22H2,1-6H3,(H,44,48)(H,45,54)(H,46,47)(H,49,55)/t35-,36-,37-,38-;31-,35-,36-,37-/m00/s1. The topological polar surface area (TPSA) is 332 Å². The van der Waals surface area contributed by atoms with Crippen LogP contribution in [0.15, 0.2) is 122 Å². The second-order valence-electron chi connectivity index (χ2n) is 32.0. The Morgan fingerprint density at radius 3 is 1.15 bits per heavy atom. The summed E-state index contributed by atoms with van der Waals surface area (Å²) in [5.41, 5.74) is 11.4. The number of amides is 8. The quantitative estimate of drug-likeness (QED) is 0.0364. The molecule has 14 rings (SSSR count). The first-order valence-electron chi connectivity index (χ1n) is 39.9. The first kappa shape index (κ1) is 81.2. The summed E-state index contributed by atoms with van der Waals surface area (Å²) in [6.07, 6.45) is 8.00. The summed E-state index contributed by atoms with van der Waals surface area (Å²) in [5, 5.41) is 9.75. The maximum atomic E-state index is 13.9. The van der Waals surface area contributed by atoms with Gasteiger partial charge in [0.25, 0.3) is 0 Å². The van der Waals surface area contributed by atoms with Crippen LogP contribution in [0.2, 0.25) is 0 Å². The van der Waals surface area contributed by atoms with Crippen molar-refractivity contribution in [1.82, 2.24) is 79.9 Å². The Kier molecular flexibility index (Phi) is 24.6. The number of H-pyrrole nitrogens is 4. The van der Waals surface area contributed by atoms with Crippen LogP contribution in [0.25, 0.3) is 88.4 Å². The lowest BCUT2D eigenvalue weighted by molar-refractivity contribution is -0.139. The van der Waals surface area contributed by atoms with Gasteiger partial charge in [0.15, 0.2) is 0 Å². The molecule has 28 nitrogen and oxygen atoms in total. The van der Waals surface area contributed by atoms with Crippen LogP contribution in [0.4, 0.5) is 19.2 Å². The van der Waals surface area contributed by atoms with Crippen LogP contribution in [0.1, 0.15) is 154 Å². The van der Waals surface area contributed by atoms with Crippen LogP contribution in [-0.4, -0.2) is 211 Å². The highest BCUT2D eigenvalue weighted by Crippen LogP contribution is 2.41. The molecule has 4 fully saturated rings. The first-order valence-corrected chi connectivity index (χ1v) is 39.9. The lowest BCUT2D eigenvalue weighted by Crippen LogP contribution is -2.51. The second kappa shape index (κ2) is 34.9. The van der Waals surface area contributed by atoms with Crippen molar-refractivity contribution in [3.05, 3.63) is 145 Å². The molecule has 4 aliphatic heterocycles. The molecule has 0 radical (unpaired) electrons. The lowest BCUT2D eigenvalue weighted by atomic mass is 9.94. The van der Waals surface area contributed by atoms with E-state index in [0.29, 0.717) is 26.2 Å². The number of carbonyl (C=O) groups is 8. The van der Waals surface area contributed by atoms with Crippen LogP contribution in [0, 0.1) is 29.6 Å². The number of hydrogen-bond acceptors (Lipinski definition) is 16. The molecule has 10 aromatic rings. The number of aromatic amines is 4. The van der Waals surface area contributed by atoms with E-state index in [0.717, 1.165) is 163 Å². The molecule has 606 valence electrons. The monoisotopic (exact) mass is 1570 g/mol. The maximum absolute atomic E-state index is 13.9. The molecule has 8 amide bonds. The van der Waals surface area contributed by atoms with Crippen molar-refractivity contribution >= 4 is 91.6 Å². The summed E-state index contributed by atoms with van der Waals surface area (Å²) < 4.78 is 19.3. The van der Waals surface area contributed by atoms with E-state index in [9.17, 15) is 38.4 Å². The zero-order valence-electron chi connectivity index (χ0n) is 68.0. The Bertz CT molecular complexity index is 5250. The molecule has 0 spiro atoms. The first-order chi connectivity index (χ1) is 55.2. The average Bonchev–Trinajstić information content (AvgIpc) is 1.69. The van der Waals surface area contributed by atoms with Crippen molar-refractivity contribution in [1.29, 1.82) is 0 Å². The molecule has 0 saturated carbocycles. The highest BCUT2D eigenvalue weighted by molar-refractivity contribution is 5.95. The predicted octanol–water partition coefficient (Wildman–Crippen LogP) is 14.7. The molecule has 6 N–H and O–H groups in total. The van der Waals surface area contributed by atoms with Crippen LogP contribution >= 0.6 is 0 Å². The van der Waals surface area contributed by atoms with Crippen molar-refractivity contribution in [3.63, 3.8) is 0 Å². The molecule has 115 heavy (non-hydrogen) atoms. The third-order valence-electron chi connectivity index (χ3n) is 23.3. The normalized spacial score (nSPS) is 18.0. The number of hydrogen-bond donors (Lipinski definition) is 6. The number of benzene rings is 6. The number of methoxy groups -OCH3 is 4. The zero-order valence-corrected chi connectivity index (χ0v) is 68.0. The van der Waals surface area contributed by atoms with E-state index < -0.39 is 42.5 Å². The van der Waals surface area contributed by atoms with Gasteiger partial charge in [0.1, 0.15) is 41.4 Å². The Morgan fingerprint density at radius 2 is 0.774 bits per heavy atom. The number of rotatable bonds is 21. The number of nitrogens with one attached hydrogen (secondary N) is 6. The van der Waals surface area contributed by atoms with Crippen molar-refractivity contribution in [2.45, 2.75) is 149 Å². The van der Waals surface area contributed by atoms with Crippen molar-refractivity contribution in [3.8, 4) is 44.8 Å². The van der Waals surface area contributed by atoms with E-state index >= 15 is 0 Å². The summed E-state index contributed by atoms with van der Waals surface area (Å²) in [4.78, 5) is 147. The molecule has 8 atom stereocenters. The Hall–Kier alpha value is -11.8. The van der Waals surface area contributed by atoms with Gasteiger partial charge in [-0.05, 0) is 167 Å². The van der Waals surface area contributed by atoms with Gasteiger partial charge in [-0.3, -0.25) is 29.0 Å². The summed E-state index contributed by atoms with van der Waals surface area (Å²) in [6, 6.07) is 35.1. The average molecular weight is 1570 g/mol. The van der Waals surface area contributed by atoms with E-state index in [4.69, 9.17) is 38.9 Å². The van der Waals surface area contributed by atoms with Crippen molar-refractivity contribution < 1.29 is 57.3 Å². The zero-order chi connectivity index (χ0) is 81.8. The van der Waals surface area contributed by atoms with Gasteiger partial charge in [-0.1, -0.05) is 116 Å². The summed E-state index contributed by atoms with van der Waals surface area (Å²) in [5.74, 6) is 2.00. The number of likely N-dealkylation sites (N-methyl/N-ethyl adjacent to an activating group) is 2. The van der Waals surface area contributed by atoms with Gasteiger partial charge in [0.05, 0.1) is 104 Å². The molecule has 4 aliphatic rings. The highest BCUT2D eigenvalue weighted by atomic mass is 16.6. The van der Waals surface area contributed by atoms with Gasteiger partial charge < -0.3 is 69.1 Å². The Balaban J connectivity index is 0.000000200. The minimum absolute atomic E-state index is 0.00839. The van der Waals surface area contributed by atoms with Gasteiger partial charge >= 0.3 is 24.4 Å². The van der Waals surface area contributed by atoms with Gasteiger partial charge in [-0.25, -0.2) is 39.1 Å². The molecule has 6 aromatic carbocycles. The van der Waals surface area contributed by atoms with E-state index in [1.165, 1.54) is 38.2 Å². The molecular weight excluding hydrogens is 1460 g/mol. The number of aromatic nitrogens is 8. The van der Waals surface area contributed by atoms with Crippen LogP contribution < -0.4 is 10.6 Å². The number of ether oxygens (including phenoxy) is 4. The maximum Gasteiger partial charge on any atom is 0.409 e. The van der Waals surface area contributed by atoms with E-state index in [2.05, 4.69) is 128 Å². The van der Waals surface area contributed by atoms with Crippen LogP contribution in [-0.2, 0) is 38.1 Å². The van der Waals surface area contributed by atoms with Crippen LogP contribution in [0.3, 0.4) is 0 Å². The molecule has 0 bridgehead atoms. The number of likely N-dealkylation sites (tertiary alicyclic amines) is 4. The Labute approximate surface area is 669 Å². The fraction of sp³-hybridized carbons (Fsp3) is 0.448. The number of imidazole rings is 4. The number of fused-ring (bicyclic) bond motifs is 4. The highest BCUT2D eigenvalue weighted by Gasteiger charge is 2.44. The van der Waals surface area contributed by atoms with E-state index in [1.54, 1.807) is 14.1 Å². The minimum Gasteiger partial charge on any atom is -0.453 e. The second-order valence-corrected chi connectivity index (χ2v) is 32.0. The molecule has 4 saturated heterocycles. The fourth-order valence-electron chi connectivity index (χ4n) is 17.1. The van der Waals surface area contributed by atoms with Crippen molar-refractivity contribution in [2.24, 2.45) is 29.6 Å². The third-order valence-corrected chi connectivity index (χ3v) is 23.3. The lowest BCUT2D eigenvalue weighted by Gasteiger charge is -2.34. The largest absolute Gasteiger partial charge is 0.453 e. The van der Waals surface area contributed by atoms with Gasteiger partial charge in [-0.15, -0.1) is 0 Å². The van der Waals surface area contributed by atoms with E-state index in [1.807, 2.05) is 99.5 Å². The molecule has 28 heteroatoms.